The van der Waals surface area contributed by atoms with Gasteiger partial charge in [-0.2, -0.15) is 0 Å². The van der Waals surface area contributed by atoms with Gasteiger partial charge in [0.25, 0.3) is 0 Å². The molecule has 1 saturated heterocycles. The first kappa shape index (κ1) is 20.6. The van der Waals surface area contributed by atoms with Crippen LogP contribution in [-0.2, 0) is 4.74 Å². The van der Waals surface area contributed by atoms with Gasteiger partial charge in [-0.1, -0.05) is 8.41 Å². The third-order valence-corrected chi connectivity index (χ3v) is 1.94. The largest absolute Gasteiger partial charge is 0.381 e. The van der Waals surface area contributed by atoms with E-state index in [-0.39, 0.29) is 45.3 Å². The summed E-state index contributed by atoms with van der Waals surface area (Å²) in [4.78, 5) is 0. The van der Waals surface area contributed by atoms with Crippen molar-refractivity contribution in [3.05, 3.63) is 64.2 Å². The summed E-state index contributed by atoms with van der Waals surface area (Å²) in [6.07, 6.45) is 22.6. The average Bonchev–Trinajstić information content (AvgIpc) is 3.09. The van der Waals surface area contributed by atoms with Gasteiger partial charge < -0.3 is 4.74 Å². The zero-order valence-corrected chi connectivity index (χ0v) is 10.9. The van der Waals surface area contributed by atoms with Gasteiger partial charge in [-0.05, 0) is 77.0 Å². The smallest absolute Gasteiger partial charge is 0.0466 e. The standard InChI is InChI=1S/2C5H5.C4H8O.BH4.Lu/c3*1-2-4-5-3-1;;/h2*1-5H;1-4H2;1H4;/q;;;-1;. The van der Waals surface area contributed by atoms with Crippen molar-refractivity contribution < 1.29 is 41.6 Å². The van der Waals surface area contributed by atoms with Crippen molar-refractivity contribution in [1.29, 1.82) is 0 Å². The molecule has 0 amide bonds. The van der Waals surface area contributed by atoms with Gasteiger partial charge in [0, 0.05) is 50.1 Å². The van der Waals surface area contributed by atoms with Crippen LogP contribution in [0, 0.1) is 101 Å². The summed E-state index contributed by atoms with van der Waals surface area (Å²) >= 11 is 0. The predicted octanol–water partition coefficient (Wildman–Crippen LogP) is 1.39. The van der Waals surface area contributed by atoms with E-state index in [0.717, 1.165) is 13.2 Å². The molecule has 0 unspecified atom stereocenters. The molecule has 17 heavy (non-hydrogen) atoms. The Morgan fingerprint density at radius 1 is 0.529 bits per heavy atom. The molecule has 11 radical (unpaired) electrons. The maximum atomic E-state index is 4.94. The van der Waals surface area contributed by atoms with Crippen LogP contribution in [0.1, 0.15) is 12.8 Å². The minimum atomic E-state index is 0. The molecule has 2 saturated carbocycles. The van der Waals surface area contributed by atoms with Crippen molar-refractivity contribution in [2.75, 3.05) is 13.2 Å². The van der Waals surface area contributed by atoms with Crippen LogP contribution in [0.15, 0.2) is 0 Å². The molecule has 2 aliphatic carbocycles. The summed E-state index contributed by atoms with van der Waals surface area (Å²) < 4.78 is 4.94. The average molecular weight is 392 g/mol. The first-order valence-corrected chi connectivity index (χ1v) is 5.41. The first-order valence-electron chi connectivity index (χ1n) is 5.41. The van der Waals surface area contributed by atoms with Crippen LogP contribution in [0.3, 0.4) is 0 Å². The van der Waals surface area contributed by atoms with Gasteiger partial charge in [0.2, 0.25) is 0 Å². The van der Waals surface area contributed by atoms with Crippen LogP contribution in [-0.4, -0.2) is 21.6 Å². The number of ether oxygens (including phenoxy) is 1. The Bertz CT molecular complexity index is 74.8. The summed E-state index contributed by atoms with van der Waals surface area (Å²) in [5, 5.41) is 0. The molecular formula is C14H22BLuO-. The zero-order valence-electron chi connectivity index (χ0n) is 9.27. The Morgan fingerprint density at radius 3 is 0.882 bits per heavy atom. The molecule has 103 valence electrons. The minimum Gasteiger partial charge on any atom is -0.381 e. The van der Waals surface area contributed by atoms with E-state index in [1.54, 1.807) is 0 Å². The number of hydrogen-bond acceptors (Lipinski definition) is 1. The summed E-state index contributed by atoms with van der Waals surface area (Å²) in [5.74, 6) is 0. The maximum absolute atomic E-state index is 4.94. The van der Waals surface area contributed by atoms with Crippen molar-refractivity contribution in [3.8, 4) is 0 Å². The van der Waals surface area contributed by atoms with Gasteiger partial charge in [0.15, 0.2) is 0 Å². The molecule has 0 atom stereocenters. The first-order chi connectivity index (χ1) is 7.50. The van der Waals surface area contributed by atoms with E-state index in [1.165, 1.54) is 12.8 Å². The Hall–Kier alpha value is 1.26. The van der Waals surface area contributed by atoms with Gasteiger partial charge in [-0.3, -0.25) is 0 Å². The second kappa shape index (κ2) is 17.3. The molecule has 1 nitrogen and oxygen atoms in total. The fourth-order valence-corrected chi connectivity index (χ4v) is 1.15. The van der Waals surface area contributed by atoms with E-state index in [0.29, 0.717) is 0 Å². The Balaban J connectivity index is 0. The van der Waals surface area contributed by atoms with E-state index in [9.17, 15) is 0 Å². The van der Waals surface area contributed by atoms with Crippen LogP contribution in [0.2, 0.25) is 0 Å². The van der Waals surface area contributed by atoms with Crippen LogP contribution in [0.25, 0.3) is 0 Å². The van der Waals surface area contributed by atoms with Gasteiger partial charge >= 0.3 is 0 Å². The SMILES string of the molecule is C1CCOC1.[BH4-].[CH]1[CH][CH][CH][CH]1.[CH]1[CH][CH][CH][CH]1.[Lu]. The van der Waals surface area contributed by atoms with Gasteiger partial charge in [-0.15, -0.1) is 0 Å². The fraction of sp³-hybridized carbons (Fsp3) is 0.286. The van der Waals surface area contributed by atoms with Crippen LogP contribution >= 0.6 is 0 Å². The molecule has 0 bridgehead atoms. The third-order valence-electron chi connectivity index (χ3n) is 1.94. The van der Waals surface area contributed by atoms with Crippen LogP contribution in [0.4, 0.5) is 0 Å². The van der Waals surface area contributed by atoms with Crippen molar-refractivity contribution >= 4 is 8.41 Å². The fourth-order valence-electron chi connectivity index (χ4n) is 1.15. The second-order valence-corrected chi connectivity index (χ2v) is 3.24. The van der Waals surface area contributed by atoms with Crippen molar-refractivity contribution in [2.24, 2.45) is 0 Å². The van der Waals surface area contributed by atoms with Crippen LogP contribution in [0.5, 0.6) is 0 Å². The monoisotopic (exact) mass is 392 g/mol. The van der Waals surface area contributed by atoms with Gasteiger partial charge in [0.1, 0.15) is 0 Å². The van der Waals surface area contributed by atoms with E-state index >= 15 is 0 Å². The van der Waals surface area contributed by atoms with Crippen LogP contribution < -0.4 is 0 Å². The minimum absolute atomic E-state index is 0. The zero-order chi connectivity index (χ0) is 10.6. The summed E-state index contributed by atoms with van der Waals surface area (Å²) in [7, 11) is 0. The molecule has 3 fully saturated rings. The van der Waals surface area contributed by atoms with E-state index in [4.69, 9.17) is 4.74 Å². The number of hydrogen-bond donors (Lipinski definition) is 0. The van der Waals surface area contributed by atoms with E-state index < -0.39 is 0 Å². The van der Waals surface area contributed by atoms with Crippen molar-refractivity contribution in [3.63, 3.8) is 0 Å². The molecule has 0 spiro atoms. The Labute approximate surface area is 139 Å². The number of rotatable bonds is 0. The van der Waals surface area contributed by atoms with Crippen molar-refractivity contribution in [1.82, 2.24) is 0 Å². The van der Waals surface area contributed by atoms with Crippen molar-refractivity contribution in [2.45, 2.75) is 12.8 Å². The second-order valence-electron chi connectivity index (χ2n) is 3.24. The Kier molecular flexibility index (Phi) is 20.9. The topological polar surface area (TPSA) is 9.23 Å². The normalized spacial score (nSPS) is 21.2. The molecule has 3 heteroatoms. The Morgan fingerprint density at radius 2 is 0.765 bits per heavy atom. The predicted molar refractivity (Wildman–Crippen MR) is 74.4 cm³/mol. The third kappa shape index (κ3) is 15.2. The quantitative estimate of drug-likeness (QED) is 0.567. The van der Waals surface area contributed by atoms with E-state index in [2.05, 4.69) is 0 Å². The van der Waals surface area contributed by atoms with E-state index in [1.807, 2.05) is 64.2 Å². The summed E-state index contributed by atoms with van der Waals surface area (Å²) in [5.41, 5.74) is 0. The molecule has 1 aliphatic heterocycles. The molecular weight excluding hydrogens is 370 g/mol. The summed E-state index contributed by atoms with van der Waals surface area (Å²) in [6.45, 7) is 2.00. The van der Waals surface area contributed by atoms with Gasteiger partial charge in [0.05, 0.1) is 0 Å². The molecule has 0 aromatic rings. The molecule has 0 aromatic heterocycles. The summed E-state index contributed by atoms with van der Waals surface area (Å²) in [6, 6.07) is 0. The molecule has 3 rings (SSSR count). The molecule has 3 aliphatic rings. The molecule has 0 N–H and O–H groups in total. The van der Waals surface area contributed by atoms with Gasteiger partial charge in [-0.25, -0.2) is 0 Å². The maximum Gasteiger partial charge on any atom is 0.0466 e. The molecule has 0 aromatic carbocycles. The molecule has 1 heterocycles.